The van der Waals surface area contributed by atoms with Gasteiger partial charge in [-0.1, -0.05) is 6.42 Å². The van der Waals surface area contributed by atoms with Crippen LogP contribution in [0.1, 0.15) is 42.6 Å². The fraction of sp³-hybridized carbons (Fsp3) is 0.583. The van der Waals surface area contributed by atoms with Crippen molar-refractivity contribution in [3.8, 4) is 17.0 Å². The number of ether oxygens (including phenoxy) is 2. The smallest absolute Gasteiger partial charge is 0.271 e. The lowest BCUT2D eigenvalue weighted by Crippen LogP contribution is -2.52. The van der Waals surface area contributed by atoms with Crippen molar-refractivity contribution < 1.29 is 14.3 Å². The second-order valence-corrected chi connectivity index (χ2v) is 8.64. The number of fused-ring (bicyclic) bond motifs is 1. The summed E-state index contributed by atoms with van der Waals surface area (Å²) < 4.78 is 10.5. The highest BCUT2D eigenvalue weighted by Gasteiger charge is 2.35. The molecule has 3 heterocycles. The molecule has 1 aromatic carbocycles. The van der Waals surface area contributed by atoms with Crippen molar-refractivity contribution in [2.24, 2.45) is 5.92 Å². The third kappa shape index (κ3) is 5.10. The van der Waals surface area contributed by atoms with Crippen LogP contribution in [-0.4, -0.2) is 79.0 Å². The van der Waals surface area contributed by atoms with Gasteiger partial charge in [-0.25, -0.2) is 0 Å². The summed E-state index contributed by atoms with van der Waals surface area (Å²) in [6.45, 7) is 4.32. The molecular weight excluding hydrogens is 392 g/mol. The molecule has 0 unspecified atom stereocenters. The van der Waals surface area contributed by atoms with Gasteiger partial charge in [-0.2, -0.15) is 5.10 Å². The van der Waals surface area contributed by atoms with Crippen LogP contribution in [0.3, 0.4) is 0 Å². The normalized spacial score (nSPS) is 21.5. The summed E-state index contributed by atoms with van der Waals surface area (Å²) in [5, 5.41) is 7.34. The van der Waals surface area contributed by atoms with Gasteiger partial charge in [0.05, 0.1) is 19.4 Å². The van der Waals surface area contributed by atoms with E-state index in [-0.39, 0.29) is 5.91 Å². The van der Waals surface area contributed by atoms with Crippen molar-refractivity contribution in [2.45, 2.75) is 38.1 Å². The Kier molecular flexibility index (Phi) is 7.25. The maximum Gasteiger partial charge on any atom is 0.271 e. The second kappa shape index (κ2) is 10.3. The van der Waals surface area contributed by atoms with Crippen molar-refractivity contribution >= 4 is 5.91 Å². The Bertz CT molecular complexity index is 849. The Balaban J connectivity index is 1.48. The van der Waals surface area contributed by atoms with Crippen LogP contribution in [-0.2, 0) is 4.74 Å². The minimum atomic E-state index is -0.00255. The summed E-state index contributed by atoms with van der Waals surface area (Å²) in [6.07, 6.45) is 6.27. The van der Waals surface area contributed by atoms with E-state index in [1.165, 1.54) is 45.2 Å². The first-order valence-corrected chi connectivity index (χ1v) is 11.4. The fourth-order valence-electron chi connectivity index (χ4n) is 5.06. The van der Waals surface area contributed by atoms with E-state index in [0.717, 1.165) is 23.6 Å². The van der Waals surface area contributed by atoms with Crippen LogP contribution >= 0.6 is 0 Å². The third-order valence-corrected chi connectivity index (χ3v) is 6.73. The van der Waals surface area contributed by atoms with Crippen LogP contribution in [0.25, 0.3) is 11.3 Å². The number of benzene rings is 1. The van der Waals surface area contributed by atoms with Gasteiger partial charge in [0.15, 0.2) is 0 Å². The Labute approximate surface area is 184 Å². The summed E-state index contributed by atoms with van der Waals surface area (Å²) in [6, 6.07) is 10.1. The van der Waals surface area contributed by atoms with E-state index in [4.69, 9.17) is 9.47 Å². The summed E-state index contributed by atoms with van der Waals surface area (Å²) in [7, 11) is 3.33. The van der Waals surface area contributed by atoms with Crippen molar-refractivity contribution in [2.75, 3.05) is 47.0 Å². The molecule has 2 aromatic rings. The molecule has 1 amide bonds. The highest BCUT2D eigenvalue weighted by atomic mass is 16.5. The Morgan fingerprint density at radius 3 is 2.74 bits per heavy atom. The van der Waals surface area contributed by atoms with Gasteiger partial charge in [-0.05, 0) is 75.0 Å². The Morgan fingerprint density at radius 2 is 1.97 bits per heavy atom. The summed E-state index contributed by atoms with van der Waals surface area (Å²) in [5.41, 5.74) is 2.23. The molecule has 4 rings (SSSR count). The zero-order chi connectivity index (χ0) is 21.6. The average molecular weight is 427 g/mol. The second-order valence-electron chi connectivity index (χ2n) is 8.64. The number of aromatic nitrogens is 2. The molecule has 0 spiro atoms. The molecular formula is C24H34N4O3. The number of methoxy groups -OCH3 is 2. The van der Waals surface area contributed by atoms with Crippen LogP contribution in [0.15, 0.2) is 30.3 Å². The number of carbonyl (C=O) groups is 1. The van der Waals surface area contributed by atoms with E-state index in [1.54, 1.807) is 14.2 Å². The van der Waals surface area contributed by atoms with Crippen molar-refractivity contribution in [3.63, 3.8) is 0 Å². The van der Waals surface area contributed by atoms with Crippen LogP contribution in [0.2, 0.25) is 0 Å². The van der Waals surface area contributed by atoms with E-state index in [0.29, 0.717) is 30.8 Å². The molecule has 1 N–H and O–H groups in total. The number of H-pyrrole nitrogens is 1. The van der Waals surface area contributed by atoms with Crippen LogP contribution in [0, 0.1) is 5.92 Å². The topological polar surface area (TPSA) is 70.7 Å². The molecule has 2 atom stereocenters. The van der Waals surface area contributed by atoms with Crippen LogP contribution in [0.5, 0.6) is 5.75 Å². The zero-order valence-corrected chi connectivity index (χ0v) is 18.7. The molecule has 7 nitrogen and oxygen atoms in total. The first kappa shape index (κ1) is 21.8. The molecule has 31 heavy (non-hydrogen) atoms. The number of rotatable bonds is 8. The maximum atomic E-state index is 13.4. The van der Waals surface area contributed by atoms with E-state index < -0.39 is 0 Å². The van der Waals surface area contributed by atoms with Gasteiger partial charge in [0, 0.05) is 31.8 Å². The molecule has 2 saturated heterocycles. The number of amides is 1. The zero-order valence-electron chi connectivity index (χ0n) is 18.7. The van der Waals surface area contributed by atoms with Gasteiger partial charge >= 0.3 is 0 Å². The number of nitrogens with one attached hydrogen (secondary N) is 1. The first-order chi connectivity index (χ1) is 15.2. The van der Waals surface area contributed by atoms with Gasteiger partial charge in [0.1, 0.15) is 11.4 Å². The lowest BCUT2D eigenvalue weighted by atomic mass is 9.83. The molecule has 2 aliphatic heterocycles. The molecule has 168 valence electrons. The van der Waals surface area contributed by atoms with Crippen molar-refractivity contribution in [1.29, 1.82) is 0 Å². The van der Waals surface area contributed by atoms with Gasteiger partial charge < -0.3 is 19.3 Å². The molecule has 2 fully saturated rings. The third-order valence-electron chi connectivity index (χ3n) is 6.73. The number of hydrogen-bond acceptors (Lipinski definition) is 5. The lowest BCUT2D eigenvalue weighted by Gasteiger charge is -2.45. The fourth-order valence-corrected chi connectivity index (χ4v) is 5.06. The summed E-state index contributed by atoms with van der Waals surface area (Å²) in [5.74, 6) is 1.32. The molecule has 0 radical (unpaired) electrons. The van der Waals surface area contributed by atoms with Gasteiger partial charge in [-0.15, -0.1) is 0 Å². The van der Waals surface area contributed by atoms with Gasteiger partial charge in [0.25, 0.3) is 5.91 Å². The molecule has 0 aliphatic carbocycles. The summed E-state index contributed by atoms with van der Waals surface area (Å²) >= 11 is 0. The SMILES string of the molecule is COCCN(C[C@@H]1CCCN2CCCC[C@@H]12)C(=O)c1cc(-c2ccc(OC)cc2)n[nH]1. The minimum Gasteiger partial charge on any atom is -0.497 e. The average Bonchev–Trinajstić information content (AvgIpc) is 3.32. The number of hydrogen-bond donors (Lipinski definition) is 1. The molecule has 0 bridgehead atoms. The highest BCUT2D eigenvalue weighted by molar-refractivity contribution is 5.93. The molecule has 1 aromatic heterocycles. The molecule has 7 heteroatoms. The monoisotopic (exact) mass is 426 g/mol. The first-order valence-electron chi connectivity index (χ1n) is 11.4. The summed E-state index contributed by atoms with van der Waals surface area (Å²) in [4.78, 5) is 18.0. The number of aromatic amines is 1. The highest BCUT2D eigenvalue weighted by Crippen LogP contribution is 2.31. The van der Waals surface area contributed by atoms with E-state index in [2.05, 4.69) is 15.1 Å². The minimum absolute atomic E-state index is 0.00255. The number of piperidine rings is 2. The Morgan fingerprint density at radius 1 is 1.16 bits per heavy atom. The predicted molar refractivity (Wildman–Crippen MR) is 120 cm³/mol. The van der Waals surface area contributed by atoms with Crippen LogP contribution in [0.4, 0.5) is 0 Å². The largest absolute Gasteiger partial charge is 0.497 e. The number of carbonyl (C=O) groups excluding carboxylic acids is 1. The van der Waals surface area contributed by atoms with E-state index in [1.807, 2.05) is 35.2 Å². The quantitative estimate of drug-likeness (QED) is 0.700. The number of nitrogens with zero attached hydrogens (tertiary/aromatic N) is 3. The molecule has 0 saturated carbocycles. The molecule has 2 aliphatic rings. The van der Waals surface area contributed by atoms with Crippen molar-refractivity contribution in [1.82, 2.24) is 20.0 Å². The van der Waals surface area contributed by atoms with Crippen LogP contribution < -0.4 is 4.74 Å². The maximum absolute atomic E-state index is 13.4. The van der Waals surface area contributed by atoms with Crippen molar-refractivity contribution in [3.05, 3.63) is 36.0 Å². The lowest BCUT2D eigenvalue weighted by molar-refractivity contribution is 0.0313. The van der Waals surface area contributed by atoms with Gasteiger partial charge in [0.2, 0.25) is 0 Å². The Hall–Kier alpha value is -2.38. The van der Waals surface area contributed by atoms with Gasteiger partial charge in [-0.3, -0.25) is 9.89 Å². The van der Waals surface area contributed by atoms with E-state index in [9.17, 15) is 4.79 Å². The predicted octanol–water partition coefficient (Wildman–Crippen LogP) is 3.44. The van der Waals surface area contributed by atoms with E-state index >= 15 is 0 Å². The standard InChI is InChI=1S/C24H34N4O3/c1-30-15-14-28(17-19-6-5-13-27-12-4-3-7-23(19)27)24(29)22-16-21(25-26-22)18-8-10-20(31-2)11-9-18/h8-11,16,19,23H,3-7,12-15,17H2,1-2H3,(H,25,26)/t19-,23-/m0/s1.